The summed E-state index contributed by atoms with van der Waals surface area (Å²) >= 11 is 0. The molecule has 3 rings (SSSR count). The molecule has 0 fully saturated rings. The van der Waals surface area contributed by atoms with E-state index in [2.05, 4.69) is 22.3 Å². The molecule has 17 heavy (non-hydrogen) atoms. The van der Waals surface area contributed by atoms with Crippen molar-refractivity contribution in [2.75, 3.05) is 0 Å². The molecule has 0 saturated carbocycles. The molecule has 0 spiro atoms. The van der Waals surface area contributed by atoms with Crippen LogP contribution >= 0.6 is 0 Å². The molecule has 0 aliphatic heterocycles. The molecule has 1 aromatic carbocycles. The van der Waals surface area contributed by atoms with Crippen LogP contribution in [0.4, 0.5) is 0 Å². The zero-order chi connectivity index (χ0) is 11.8. The minimum Gasteiger partial charge on any atom is -0.268 e. The number of rotatable bonds is 2. The van der Waals surface area contributed by atoms with Crippen LogP contribution in [0.3, 0.4) is 0 Å². The third-order valence-corrected chi connectivity index (χ3v) is 2.92. The number of benzene rings is 1. The van der Waals surface area contributed by atoms with E-state index in [1.165, 1.54) is 5.39 Å². The predicted octanol–water partition coefficient (Wildman–Crippen LogP) is 2.13. The summed E-state index contributed by atoms with van der Waals surface area (Å²) in [5, 5.41) is 10.1. The van der Waals surface area contributed by atoms with Gasteiger partial charge in [-0.05, 0) is 19.1 Å². The summed E-state index contributed by atoms with van der Waals surface area (Å²) in [6, 6.07) is 10.3. The van der Waals surface area contributed by atoms with Crippen LogP contribution < -0.4 is 0 Å². The van der Waals surface area contributed by atoms with E-state index in [4.69, 9.17) is 0 Å². The monoisotopic (exact) mass is 226 g/mol. The van der Waals surface area contributed by atoms with Crippen LogP contribution in [-0.2, 0) is 13.6 Å². The number of para-hydroxylation sites is 1. The number of aryl methyl sites for hydroxylation is 2. The fraction of sp³-hybridized carbons (Fsp3) is 0.231. The Balaban J connectivity index is 2.06. The average molecular weight is 226 g/mol. The van der Waals surface area contributed by atoms with Crippen LogP contribution in [0.2, 0.25) is 0 Å². The van der Waals surface area contributed by atoms with Crippen LogP contribution in [0.5, 0.6) is 0 Å². The summed E-state index contributed by atoms with van der Waals surface area (Å²) in [4.78, 5) is 0. The van der Waals surface area contributed by atoms with Crippen molar-refractivity contribution in [1.82, 2.24) is 19.6 Å². The van der Waals surface area contributed by atoms with E-state index in [1.54, 1.807) is 0 Å². The molecule has 2 aromatic heterocycles. The van der Waals surface area contributed by atoms with Gasteiger partial charge in [-0.3, -0.25) is 9.36 Å². The number of fused-ring (bicyclic) bond motifs is 1. The van der Waals surface area contributed by atoms with E-state index in [0.717, 1.165) is 23.4 Å². The molecule has 0 aliphatic carbocycles. The molecule has 2 heterocycles. The molecule has 3 aromatic rings. The van der Waals surface area contributed by atoms with Gasteiger partial charge in [0.15, 0.2) is 0 Å². The van der Waals surface area contributed by atoms with Crippen LogP contribution in [0.1, 0.15) is 11.4 Å². The Kier molecular flexibility index (Phi) is 2.21. The fourth-order valence-corrected chi connectivity index (χ4v) is 2.11. The molecule has 86 valence electrons. The Morgan fingerprint density at radius 3 is 2.71 bits per heavy atom. The third-order valence-electron chi connectivity index (χ3n) is 2.92. The van der Waals surface area contributed by atoms with Gasteiger partial charge in [-0.25, -0.2) is 0 Å². The maximum absolute atomic E-state index is 4.55. The quantitative estimate of drug-likeness (QED) is 0.671. The van der Waals surface area contributed by atoms with Crippen molar-refractivity contribution >= 4 is 10.9 Å². The smallest absolute Gasteiger partial charge is 0.0918 e. The first-order chi connectivity index (χ1) is 8.24. The number of aromatic nitrogens is 4. The normalized spacial score (nSPS) is 11.2. The zero-order valence-corrected chi connectivity index (χ0v) is 9.96. The summed E-state index contributed by atoms with van der Waals surface area (Å²) in [5.74, 6) is 0. The number of nitrogens with zero attached hydrogens (tertiary/aromatic N) is 4. The average Bonchev–Trinajstić information content (AvgIpc) is 2.86. The van der Waals surface area contributed by atoms with Gasteiger partial charge in [-0.1, -0.05) is 18.2 Å². The molecular formula is C13H14N4. The van der Waals surface area contributed by atoms with Crippen LogP contribution in [0, 0.1) is 6.92 Å². The molecule has 0 N–H and O–H groups in total. The summed E-state index contributed by atoms with van der Waals surface area (Å²) in [7, 11) is 1.97. The van der Waals surface area contributed by atoms with Crippen LogP contribution in [-0.4, -0.2) is 19.6 Å². The van der Waals surface area contributed by atoms with Crippen molar-refractivity contribution in [3.05, 3.63) is 47.9 Å². The van der Waals surface area contributed by atoms with Gasteiger partial charge in [0, 0.05) is 18.6 Å². The highest BCUT2D eigenvalue weighted by molar-refractivity contribution is 5.81. The standard InChI is InChI=1S/C13H14N4/c1-10-7-8-17(14-10)9-12-11-5-3-4-6-13(11)16(2)15-12/h3-8H,9H2,1-2H3. The van der Waals surface area contributed by atoms with Gasteiger partial charge in [0.05, 0.1) is 23.4 Å². The predicted molar refractivity (Wildman–Crippen MR) is 66.8 cm³/mol. The van der Waals surface area contributed by atoms with Crippen LogP contribution in [0.15, 0.2) is 36.5 Å². The maximum atomic E-state index is 4.55. The minimum atomic E-state index is 0.717. The van der Waals surface area contributed by atoms with E-state index in [9.17, 15) is 0 Å². The number of hydrogen-bond acceptors (Lipinski definition) is 2. The highest BCUT2D eigenvalue weighted by atomic mass is 15.3. The lowest BCUT2D eigenvalue weighted by Crippen LogP contribution is -2.02. The highest BCUT2D eigenvalue weighted by Gasteiger charge is 2.08. The molecule has 0 radical (unpaired) electrons. The molecule has 0 saturated heterocycles. The van der Waals surface area contributed by atoms with Crippen molar-refractivity contribution in [3.63, 3.8) is 0 Å². The van der Waals surface area contributed by atoms with Crippen molar-refractivity contribution in [1.29, 1.82) is 0 Å². The van der Waals surface area contributed by atoms with Gasteiger partial charge in [0.25, 0.3) is 0 Å². The molecule has 0 unspecified atom stereocenters. The van der Waals surface area contributed by atoms with E-state index >= 15 is 0 Å². The van der Waals surface area contributed by atoms with Crippen molar-refractivity contribution in [3.8, 4) is 0 Å². The molecule has 0 aliphatic rings. The zero-order valence-electron chi connectivity index (χ0n) is 9.96. The summed E-state index contributed by atoms with van der Waals surface area (Å²) < 4.78 is 3.84. The first-order valence-corrected chi connectivity index (χ1v) is 5.65. The molecule has 0 amide bonds. The third kappa shape index (κ3) is 1.71. The van der Waals surface area contributed by atoms with Crippen LogP contribution in [0.25, 0.3) is 10.9 Å². The van der Waals surface area contributed by atoms with Crippen molar-refractivity contribution < 1.29 is 0 Å². The summed E-state index contributed by atoms with van der Waals surface area (Å²) in [6.07, 6.45) is 1.98. The SMILES string of the molecule is Cc1ccn(Cc2nn(C)c3ccccc23)n1. The first kappa shape index (κ1) is 10.1. The first-order valence-electron chi connectivity index (χ1n) is 5.65. The Labute approximate surface area is 99.5 Å². The Hall–Kier alpha value is -2.10. The maximum Gasteiger partial charge on any atom is 0.0918 e. The van der Waals surface area contributed by atoms with E-state index in [0.29, 0.717) is 0 Å². The minimum absolute atomic E-state index is 0.717. The topological polar surface area (TPSA) is 35.6 Å². The van der Waals surface area contributed by atoms with Crippen molar-refractivity contribution in [2.45, 2.75) is 13.5 Å². The van der Waals surface area contributed by atoms with Gasteiger partial charge >= 0.3 is 0 Å². The lowest BCUT2D eigenvalue weighted by Gasteiger charge is -1.98. The van der Waals surface area contributed by atoms with Gasteiger partial charge in [0.2, 0.25) is 0 Å². The fourth-order valence-electron chi connectivity index (χ4n) is 2.11. The Morgan fingerprint density at radius 2 is 1.94 bits per heavy atom. The summed E-state index contributed by atoms with van der Waals surface area (Å²) in [6.45, 7) is 2.71. The van der Waals surface area contributed by atoms with Gasteiger partial charge in [-0.15, -0.1) is 0 Å². The second kappa shape index (κ2) is 3.73. The second-order valence-corrected chi connectivity index (χ2v) is 4.24. The molecule has 0 atom stereocenters. The lowest BCUT2D eigenvalue weighted by atomic mass is 10.2. The Morgan fingerprint density at radius 1 is 1.12 bits per heavy atom. The Bertz CT molecular complexity index is 663. The summed E-state index contributed by atoms with van der Waals surface area (Å²) in [5.41, 5.74) is 3.25. The molecule has 4 heteroatoms. The van der Waals surface area contributed by atoms with Gasteiger partial charge in [0.1, 0.15) is 0 Å². The molecule has 4 nitrogen and oxygen atoms in total. The second-order valence-electron chi connectivity index (χ2n) is 4.24. The largest absolute Gasteiger partial charge is 0.268 e. The lowest BCUT2D eigenvalue weighted by molar-refractivity contribution is 0.650. The van der Waals surface area contributed by atoms with E-state index in [1.807, 2.05) is 47.7 Å². The number of hydrogen-bond donors (Lipinski definition) is 0. The molecule has 0 bridgehead atoms. The van der Waals surface area contributed by atoms with Gasteiger partial charge < -0.3 is 0 Å². The molecular weight excluding hydrogens is 212 g/mol. The van der Waals surface area contributed by atoms with Gasteiger partial charge in [-0.2, -0.15) is 10.2 Å². The van der Waals surface area contributed by atoms with E-state index < -0.39 is 0 Å². The van der Waals surface area contributed by atoms with E-state index in [-0.39, 0.29) is 0 Å². The highest BCUT2D eigenvalue weighted by Crippen LogP contribution is 2.18. The van der Waals surface area contributed by atoms with Crippen molar-refractivity contribution in [2.24, 2.45) is 7.05 Å².